The number of anilines is 1. The van der Waals surface area contributed by atoms with E-state index in [1.807, 2.05) is 24.3 Å². The third kappa shape index (κ3) is 2.81. The highest BCUT2D eigenvalue weighted by atomic mass is 16.2. The molecule has 2 N–H and O–H groups in total. The Labute approximate surface area is 128 Å². The van der Waals surface area contributed by atoms with Crippen LogP contribution in [0.1, 0.15) is 20.3 Å². The molecule has 2 heterocycles. The van der Waals surface area contributed by atoms with Crippen molar-refractivity contribution in [1.29, 1.82) is 0 Å². The Bertz CT molecular complexity index is 707. The fourth-order valence-electron chi connectivity index (χ4n) is 2.84. The Hall–Kier alpha value is -2.37. The van der Waals surface area contributed by atoms with Gasteiger partial charge >= 0.3 is 0 Å². The summed E-state index contributed by atoms with van der Waals surface area (Å²) in [5.41, 5.74) is 0.877. The second-order valence-electron chi connectivity index (χ2n) is 6.20. The van der Waals surface area contributed by atoms with E-state index in [1.165, 1.54) is 0 Å². The summed E-state index contributed by atoms with van der Waals surface area (Å²) in [6.07, 6.45) is 0.279. The van der Waals surface area contributed by atoms with Crippen LogP contribution >= 0.6 is 0 Å². The number of para-hydroxylation sites is 1. The van der Waals surface area contributed by atoms with Gasteiger partial charge in [-0.25, -0.2) is 0 Å². The van der Waals surface area contributed by atoms with Crippen molar-refractivity contribution in [3.05, 3.63) is 24.3 Å². The predicted molar refractivity (Wildman–Crippen MR) is 84.2 cm³/mol. The molecule has 22 heavy (non-hydrogen) atoms. The van der Waals surface area contributed by atoms with Gasteiger partial charge in [0, 0.05) is 24.9 Å². The maximum atomic E-state index is 12.4. The van der Waals surface area contributed by atoms with Crippen LogP contribution in [-0.4, -0.2) is 40.0 Å². The SMILES string of the molecule is CC(C)CN1CC(C(=O)Nc2n[nH]c3ccccc23)CC1=O. The highest BCUT2D eigenvalue weighted by Crippen LogP contribution is 2.23. The summed E-state index contributed by atoms with van der Waals surface area (Å²) in [4.78, 5) is 26.1. The first kappa shape index (κ1) is 14.6. The number of likely N-dealkylation sites (tertiary alicyclic amines) is 1. The van der Waals surface area contributed by atoms with Gasteiger partial charge in [-0.15, -0.1) is 0 Å². The number of hydrogen-bond donors (Lipinski definition) is 2. The molecule has 1 aromatic carbocycles. The highest BCUT2D eigenvalue weighted by Gasteiger charge is 2.34. The Morgan fingerprint density at radius 3 is 3.00 bits per heavy atom. The molecule has 1 saturated heterocycles. The monoisotopic (exact) mass is 300 g/mol. The molecule has 1 unspecified atom stereocenters. The van der Waals surface area contributed by atoms with Crippen LogP contribution in [-0.2, 0) is 9.59 Å². The zero-order valence-electron chi connectivity index (χ0n) is 12.8. The van der Waals surface area contributed by atoms with Gasteiger partial charge < -0.3 is 10.2 Å². The standard InChI is InChI=1S/C16H20N4O2/c1-10(2)8-20-9-11(7-14(20)21)16(22)17-15-12-5-3-4-6-13(12)18-19-15/h3-6,10-11H,7-9H2,1-2H3,(H2,17,18,19,22). The number of hydrogen-bond acceptors (Lipinski definition) is 3. The third-order valence-corrected chi connectivity index (χ3v) is 3.88. The lowest BCUT2D eigenvalue weighted by molar-refractivity contribution is -0.128. The molecule has 0 bridgehead atoms. The first-order valence-electron chi connectivity index (χ1n) is 7.56. The Balaban J connectivity index is 1.69. The molecule has 2 aromatic rings. The second kappa shape index (κ2) is 5.79. The average molecular weight is 300 g/mol. The number of benzene rings is 1. The van der Waals surface area contributed by atoms with Gasteiger partial charge in [0.25, 0.3) is 0 Å². The van der Waals surface area contributed by atoms with Crippen LogP contribution in [0.2, 0.25) is 0 Å². The number of carbonyl (C=O) groups is 2. The normalized spacial score (nSPS) is 18.4. The predicted octanol–water partition coefficient (Wildman–Crippen LogP) is 2.01. The Morgan fingerprint density at radius 2 is 2.23 bits per heavy atom. The summed E-state index contributed by atoms with van der Waals surface area (Å²) >= 11 is 0. The smallest absolute Gasteiger partial charge is 0.231 e. The van der Waals surface area contributed by atoms with Gasteiger partial charge in [-0.1, -0.05) is 26.0 Å². The van der Waals surface area contributed by atoms with E-state index in [2.05, 4.69) is 29.4 Å². The van der Waals surface area contributed by atoms with Gasteiger partial charge in [0.2, 0.25) is 11.8 Å². The van der Waals surface area contributed by atoms with E-state index in [4.69, 9.17) is 0 Å². The van der Waals surface area contributed by atoms with Crippen LogP contribution < -0.4 is 5.32 Å². The molecule has 6 nitrogen and oxygen atoms in total. The molecule has 1 aliphatic heterocycles. The molecule has 3 rings (SSSR count). The van der Waals surface area contributed by atoms with Crippen LogP contribution in [0.15, 0.2) is 24.3 Å². The first-order chi connectivity index (χ1) is 10.5. The lowest BCUT2D eigenvalue weighted by atomic mass is 10.1. The molecule has 1 fully saturated rings. The van der Waals surface area contributed by atoms with Crippen LogP contribution in [0.25, 0.3) is 10.9 Å². The van der Waals surface area contributed by atoms with Gasteiger partial charge in [-0.2, -0.15) is 5.10 Å². The van der Waals surface area contributed by atoms with E-state index in [-0.39, 0.29) is 24.2 Å². The number of amides is 2. The molecule has 116 valence electrons. The minimum Gasteiger partial charge on any atom is -0.342 e. The van der Waals surface area contributed by atoms with Crippen molar-refractivity contribution in [2.45, 2.75) is 20.3 Å². The highest BCUT2D eigenvalue weighted by molar-refractivity contribution is 6.02. The third-order valence-electron chi connectivity index (χ3n) is 3.88. The van der Waals surface area contributed by atoms with Crippen LogP contribution in [0, 0.1) is 11.8 Å². The van der Waals surface area contributed by atoms with Gasteiger partial charge in [0.1, 0.15) is 0 Å². The van der Waals surface area contributed by atoms with Gasteiger partial charge in [-0.3, -0.25) is 14.7 Å². The average Bonchev–Trinajstić information content (AvgIpc) is 3.04. The number of H-pyrrole nitrogens is 1. The number of nitrogens with one attached hydrogen (secondary N) is 2. The summed E-state index contributed by atoms with van der Waals surface area (Å²) in [7, 11) is 0. The van der Waals surface area contributed by atoms with E-state index in [9.17, 15) is 9.59 Å². The number of rotatable bonds is 4. The molecule has 0 aliphatic carbocycles. The lowest BCUT2D eigenvalue weighted by Gasteiger charge is -2.18. The van der Waals surface area contributed by atoms with E-state index >= 15 is 0 Å². The molecule has 0 saturated carbocycles. The molecule has 1 aliphatic rings. The van der Waals surface area contributed by atoms with Crippen molar-refractivity contribution in [3.63, 3.8) is 0 Å². The lowest BCUT2D eigenvalue weighted by Crippen LogP contribution is -2.31. The zero-order chi connectivity index (χ0) is 15.7. The minimum atomic E-state index is -0.304. The largest absolute Gasteiger partial charge is 0.342 e. The molecular weight excluding hydrogens is 280 g/mol. The number of aromatic amines is 1. The quantitative estimate of drug-likeness (QED) is 0.906. The van der Waals surface area contributed by atoms with Crippen LogP contribution in [0.4, 0.5) is 5.82 Å². The van der Waals surface area contributed by atoms with Crippen molar-refractivity contribution in [1.82, 2.24) is 15.1 Å². The Kier molecular flexibility index (Phi) is 3.83. The Morgan fingerprint density at radius 1 is 1.45 bits per heavy atom. The van der Waals surface area contributed by atoms with Crippen molar-refractivity contribution in [2.75, 3.05) is 18.4 Å². The van der Waals surface area contributed by atoms with Crippen molar-refractivity contribution in [2.24, 2.45) is 11.8 Å². The fraction of sp³-hybridized carbons (Fsp3) is 0.438. The molecule has 0 spiro atoms. The van der Waals surface area contributed by atoms with Gasteiger partial charge in [0.15, 0.2) is 5.82 Å². The fourth-order valence-corrected chi connectivity index (χ4v) is 2.84. The molecule has 0 radical (unpaired) electrons. The molecular formula is C16H20N4O2. The van der Waals surface area contributed by atoms with E-state index in [0.717, 1.165) is 10.9 Å². The van der Waals surface area contributed by atoms with Gasteiger partial charge in [-0.05, 0) is 18.1 Å². The van der Waals surface area contributed by atoms with Crippen molar-refractivity contribution < 1.29 is 9.59 Å². The van der Waals surface area contributed by atoms with Crippen LogP contribution in [0.3, 0.4) is 0 Å². The molecule has 2 amide bonds. The summed E-state index contributed by atoms with van der Waals surface area (Å²) in [6.45, 7) is 5.33. The van der Waals surface area contributed by atoms with Crippen LogP contribution in [0.5, 0.6) is 0 Å². The maximum Gasteiger partial charge on any atom is 0.231 e. The van der Waals surface area contributed by atoms with Crippen molar-refractivity contribution >= 4 is 28.5 Å². The topological polar surface area (TPSA) is 78.1 Å². The van der Waals surface area contributed by atoms with Crippen molar-refractivity contribution in [3.8, 4) is 0 Å². The number of nitrogens with zero attached hydrogens (tertiary/aromatic N) is 2. The van der Waals surface area contributed by atoms with E-state index < -0.39 is 0 Å². The summed E-state index contributed by atoms with van der Waals surface area (Å²) in [5.74, 6) is 0.538. The van der Waals surface area contributed by atoms with E-state index in [1.54, 1.807) is 4.90 Å². The zero-order valence-corrected chi connectivity index (χ0v) is 12.8. The molecule has 1 atom stereocenters. The molecule has 6 heteroatoms. The van der Waals surface area contributed by atoms with Gasteiger partial charge in [0.05, 0.1) is 11.4 Å². The molecule has 1 aromatic heterocycles. The summed E-state index contributed by atoms with van der Waals surface area (Å²) in [6, 6.07) is 7.61. The number of aromatic nitrogens is 2. The maximum absolute atomic E-state index is 12.4. The summed E-state index contributed by atoms with van der Waals surface area (Å²) < 4.78 is 0. The second-order valence-corrected chi connectivity index (χ2v) is 6.20. The first-order valence-corrected chi connectivity index (χ1v) is 7.56. The minimum absolute atomic E-state index is 0.0562. The number of carbonyl (C=O) groups excluding carboxylic acids is 2. The number of fused-ring (bicyclic) bond motifs is 1. The van der Waals surface area contributed by atoms with E-state index in [0.29, 0.717) is 24.8 Å². The summed E-state index contributed by atoms with van der Waals surface area (Å²) in [5, 5.41) is 10.7.